The lowest BCUT2D eigenvalue weighted by atomic mass is 9.86. The van der Waals surface area contributed by atoms with Crippen LogP contribution in [-0.2, 0) is 4.79 Å². The second kappa shape index (κ2) is 7.90. The van der Waals surface area contributed by atoms with E-state index in [2.05, 4.69) is 6.07 Å². The summed E-state index contributed by atoms with van der Waals surface area (Å²) in [7, 11) is 0. The van der Waals surface area contributed by atoms with E-state index in [0.29, 0.717) is 49.9 Å². The predicted molar refractivity (Wildman–Crippen MR) is 102 cm³/mol. The molecule has 0 aromatic heterocycles. The highest BCUT2D eigenvalue weighted by Crippen LogP contribution is 2.35. The molecule has 28 heavy (non-hydrogen) atoms. The van der Waals surface area contributed by atoms with Gasteiger partial charge in [-0.3, -0.25) is 9.59 Å². The molecule has 5 nitrogen and oxygen atoms in total. The lowest BCUT2D eigenvalue weighted by Gasteiger charge is -2.46. The van der Waals surface area contributed by atoms with Crippen molar-refractivity contribution in [3.8, 4) is 6.07 Å². The summed E-state index contributed by atoms with van der Waals surface area (Å²) >= 11 is 0. The average molecular weight is 383 g/mol. The van der Waals surface area contributed by atoms with E-state index in [4.69, 9.17) is 5.26 Å². The number of fused-ring (bicyclic) bond motifs is 1. The Morgan fingerprint density at radius 3 is 2.39 bits per heavy atom. The van der Waals surface area contributed by atoms with E-state index in [1.165, 1.54) is 0 Å². The number of carbonyl (C=O) groups is 2. The topological polar surface area (TPSA) is 64.4 Å². The van der Waals surface area contributed by atoms with Crippen LogP contribution in [0.1, 0.15) is 60.9 Å². The zero-order valence-corrected chi connectivity index (χ0v) is 16.0. The number of benzene rings is 1. The molecular formula is C22H26FN3O2. The molecule has 1 heterocycles. The van der Waals surface area contributed by atoms with Crippen LogP contribution in [0, 0.1) is 17.2 Å². The summed E-state index contributed by atoms with van der Waals surface area (Å²) in [5, 5.41) is 9.10. The van der Waals surface area contributed by atoms with Crippen molar-refractivity contribution in [2.45, 2.75) is 63.2 Å². The molecule has 2 atom stereocenters. The Hall–Kier alpha value is -2.42. The van der Waals surface area contributed by atoms with E-state index in [0.717, 1.165) is 19.3 Å². The molecule has 2 amide bonds. The highest BCUT2D eigenvalue weighted by atomic mass is 19.1. The van der Waals surface area contributed by atoms with E-state index >= 15 is 0 Å². The second-order valence-corrected chi connectivity index (χ2v) is 8.24. The van der Waals surface area contributed by atoms with Gasteiger partial charge in [0.05, 0.1) is 23.7 Å². The third-order valence-electron chi connectivity index (χ3n) is 6.61. The van der Waals surface area contributed by atoms with Crippen LogP contribution in [-0.4, -0.2) is 53.0 Å². The highest BCUT2D eigenvalue weighted by molar-refractivity contribution is 5.95. The van der Waals surface area contributed by atoms with Crippen molar-refractivity contribution in [2.24, 2.45) is 5.92 Å². The summed E-state index contributed by atoms with van der Waals surface area (Å²) < 4.78 is 13.4. The molecule has 0 spiro atoms. The molecule has 0 bridgehead atoms. The molecule has 1 saturated heterocycles. The number of amides is 2. The van der Waals surface area contributed by atoms with Gasteiger partial charge >= 0.3 is 0 Å². The van der Waals surface area contributed by atoms with Crippen LogP contribution in [0.25, 0.3) is 0 Å². The Kier molecular flexibility index (Phi) is 5.34. The Balaban J connectivity index is 1.49. The maximum atomic E-state index is 13.4. The minimum Gasteiger partial charge on any atom is -0.336 e. The van der Waals surface area contributed by atoms with Gasteiger partial charge in [-0.15, -0.1) is 0 Å². The van der Waals surface area contributed by atoms with Crippen molar-refractivity contribution < 1.29 is 14.0 Å². The van der Waals surface area contributed by atoms with E-state index < -0.39 is 6.17 Å². The van der Waals surface area contributed by atoms with Gasteiger partial charge in [-0.25, -0.2) is 4.39 Å². The Morgan fingerprint density at radius 1 is 1.00 bits per heavy atom. The third-order valence-corrected chi connectivity index (χ3v) is 6.61. The molecule has 0 unspecified atom stereocenters. The number of halogens is 1. The summed E-state index contributed by atoms with van der Waals surface area (Å²) in [6.45, 7) is 1.06. The molecule has 4 rings (SSSR count). The van der Waals surface area contributed by atoms with Crippen LogP contribution in [0.2, 0.25) is 0 Å². The fourth-order valence-corrected chi connectivity index (χ4v) is 5.14. The van der Waals surface area contributed by atoms with Crippen LogP contribution in [0.4, 0.5) is 4.39 Å². The summed E-state index contributed by atoms with van der Waals surface area (Å²) in [4.78, 5) is 30.1. The standard InChI is InChI=1S/C22H26FN3O2/c23-18-9-7-16(8-10-18)21(27)25-11-12-26(20-6-2-5-19(20)25)22(28)17-4-1-3-15(13-17)14-24/h1,3-4,13,16,18-20H,2,5-12H2/t16?,18?,19-,20+/m0/s1. The first kappa shape index (κ1) is 18.9. The minimum absolute atomic E-state index is 0.0356. The SMILES string of the molecule is N#Cc1cccc(C(=O)N2CCN(C(=O)C3CCC(F)CC3)[C@H]3CCC[C@H]32)c1. The molecule has 1 aromatic rings. The molecule has 6 heteroatoms. The molecule has 148 valence electrons. The Bertz CT molecular complexity index is 797. The summed E-state index contributed by atoms with van der Waals surface area (Å²) in [5.74, 6) is 0.0317. The smallest absolute Gasteiger partial charge is 0.254 e. The van der Waals surface area contributed by atoms with Crippen molar-refractivity contribution in [2.75, 3.05) is 13.1 Å². The quantitative estimate of drug-likeness (QED) is 0.787. The first-order valence-electron chi connectivity index (χ1n) is 10.3. The highest BCUT2D eigenvalue weighted by Gasteiger charge is 2.45. The molecule has 3 fully saturated rings. The summed E-state index contributed by atoms with van der Waals surface area (Å²) in [5.41, 5.74) is 1.01. The van der Waals surface area contributed by atoms with Crippen LogP contribution >= 0.6 is 0 Å². The van der Waals surface area contributed by atoms with Gasteiger partial charge in [-0.2, -0.15) is 5.26 Å². The minimum atomic E-state index is -0.762. The van der Waals surface area contributed by atoms with Crippen LogP contribution in [0.3, 0.4) is 0 Å². The summed E-state index contributed by atoms with van der Waals surface area (Å²) in [6.07, 6.45) is 4.29. The number of nitrogens with zero attached hydrogens (tertiary/aromatic N) is 3. The van der Waals surface area contributed by atoms with Gasteiger partial charge in [0.25, 0.3) is 5.91 Å². The molecule has 3 aliphatic rings. The fourth-order valence-electron chi connectivity index (χ4n) is 5.14. The molecule has 1 aliphatic heterocycles. The molecule has 2 aliphatic carbocycles. The van der Waals surface area contributed by atoms with Gasteiger partial charge in [-0.05, 0) is 63.1 Å². The monoisotopic (exact) mass is 383 g/mol. The molecule has 1 aromatic carbocycles. The first-order chi connectivity index (χ1) is 13.6. The van der Waals surface area contributed by atoms with E-state index in [9.17, 15) is 14.0 Å². The van der Waals surface area contributed by atoms with Gasteiger partial charge in [0, 0.05) is 24.6 Å². The maximum absolute atomic E-state index is 13.4. The number of alkyl halides is 1. The first-order valence-corrected chi connectivity index (χ1v) is 10.3. The zero-order valence-electron chi connectivity index (χ0n) is 16.0. The van der Waals surface area contributed by atoms with Crippen LogP contribution in [0.15, 0.2) is 24.3 Å². The maximum Gasteiger partial charge on any atom is 0.254 e. The number of hydrogen-bond acceptors (Lipinski definition) is 3. The van der Waals surface area contributed by atoms with E-state index in [1.54, 1.807) is 24.3 Å². The molecule has 2 saturated carbocycles. The van der Waals surface area contributed by atoms with Crippen molar-refractivity contribution in [3.05, 3.63) is 35.4 Å². The average Bonchev–Trinajstić information content (AvgIpc) is 3.22. The third kappa shape index (κ3) is 3.50. The number of rotatable bonds is 2. The van der Waals surface area contributed by atoms with Crippen molar-refractivity contribution in [3.63, 3.8) is 0 Å². The lowest BCUT2D eigenvalue weighted by Crippen LogP contribution is -2.61. The zero-order chi connectivity index (χ0) is 19.7. The van der Waals surface area contributed by atoms with Gasteiger partial charge in [0.1, 0.15) is 6.17 Å². The summed E-state index contributed by atoms with van der Waals surface area (Å²) in [6, 6.07) is 9.00. The molecular weight excluding hydrogens is 357 g/mol. The van der Waals surface area contributed by atoms with Gasteiger partial charge in [-0.1, -0.05) is 6.07 Å². The Labute approximate surface area is 165 Å². The predicted octanol–water partition coefficient (Wildman–Crippen LogP) is 3.29. The van der Waals surface area contributed by atoms with Gasteiger partial charge in [0.2, 0.25) is 5.91 Å². The number of piperazine rings is 1. The van der Waals surface area contributed by atoms with E-state index in [1.807, 2.05) is 9.80 Å². The largest absolute Gasteiger partial charge is 0.336 e. The number of carbonyl (C=O) groups excluding carboxylic acids is 2. The van der Waals surface area contributed by atoms with Crippen LogP contribution < -0.4 is 0 Å². The van der Waals surface area contributed by atoms with Crippen LogP contribution in [0.5, 0.6) is 0 Å². The normalized spacial score (nSPS) is 29.9. The lowest BCUT2D eigenvalue weighted by molar-refractivity contribution is -0.142. The van der Waals surface area contributed by atoms with Crippen molar-refractivity contribution >= 4 is 11.8 Å². The number of nitriles is 1. The molecule has 0 N–H and O–H groups in total. The number of hydrogen-bond donors (Lipinski definition) is 0. The van der Waals surface area contributed by atoms with Crippen molar-refractivity contribution in [1.29, 1.82) is 5.26 Å². The van der Waals surface area contributed by atoms with Gasteiger partial charge < -0.3 is 9.80 Å². The molecule has 0 radical (unpaired) electrons. The fraction of sp³-hybridized carbons (Fsp3) is 0.591. The van der Waals surface area contributed by atoms with Crippen molar-refractivity contribution in [1.82, 2.24) is 9.80 Å². The van der Waals surface area contributed by atoms with E-state index in [-0.39, 0.29) is 29.8 Å². The van der Waals surface area contributed by atoms with Gasteiger partial charge in [0.15, 0.2) is 0 Å². The Morgan fingerprint density at radius 2 is 1.68 bits per heavy atom. The second-order valence-electron chi connectivity index (χ2n) is 8.24.